The van der Waals surface area contributed by atoms with E-state index in [-0.39, 0.29) is 6.04 Å². The van der Waals surface area contributed by atoms with Gasteiger partial charge >= 0.3 is 0 Å². The zero-order valence-corrected chi connectivity index (χ0v) is 10.4. The van der Waals surface area contributed by atoms with Gasteiger partial charge in [0.2, 0.25) is 5.89 Å². The zero-order valence-electron chi connectivity index (χ0n) is 10.4. The van der Waals surface area contributed by atoms with Crippen LogP contribution < -0.4 is 5.32 Å². The van der Waals surface area contributed by atoms with Gasteiger partial charge in [-0.2, -0.15) is 4.98 Å². The molecule has 1 unspecified atom stereocenters. The summed E-state index contributed by atoms with van der Waals surface area (Å²) < 4.78 is 10.5. The summed E-state index contributed by atoms with van der Waals surface area (Å²) in [7, 11) is 0. The van der Waals surface area contributed by atoms with Gasteiger partial charge in [0.15, 0.2) is 5.82 Å². The molecule has 5 heteroatoms. The summed E-state index contributed by atoms with van der Waals surface area (Å²) in [6.45, 7) is 4.41. The summed E-state index contributed by atoms with van der Waals surface area (Å²) in [5, 5.41) is 7.52. The molecule has 5 nitrogen and oxygen atoms in total. The predicted octanol–water partition coefficient (Wildman–Crippen LogP) is 1.85. The summed E-state index contributed by atoms with van der Waals surface area (Å²) in [6.07, 6.45) is 5.57. The van der Waals surface area contributed by atoms with E-state index < -0.39 is 0 Å². The highest BCUT2D eigenvalue weighted by molar-refractivity contribution is 4.95. The van der Waals surface area contributed by atoms with Gasteiger partial charge in [0.1, 0.15) is 0 Å². The van der Waals surface area contributed by atoms with Crippen LogP contribution >= 0.6 is 0 Å². The fourth-order valence-corrected chi connectivity index (χ4v) is 2.06. The summed E-state index contributed by atoms with van der Waals surface area (Å²) in [5.74, 6) is 1.48. The van der Waals surface area contributed by atoms with Crippen LogP contribution in [0.4, 0.5) is 0 Å². The van der Waals surface area contributed by atoms with Gasteiger partial charge in [-0.25, -0.2) is 0 Å². The van der Waals surface area contributed by atoms with Gasteiger partial charge in [-0.15, -0.1) is 0 Å². The Hall–Kier alpha value is -0.940. The smallest absolute Gasteiger partial charge is 0.229 e. The van der Waals surface area contributed by atoms with Crippen molar-refractivity contribution in [3.63, 3.8) is 0 Å². The SMILES string of the molecule is CCOCCc1nc(C2CCCCCN2)no1. The molecule has 1 N–H and O–H groups in total. The molecule has 1 aromatic rings. The molecule has 0 aromatic carbocycles. The van der Waals surface area contributed by atoms with E-state index in [0.717, 1.165) is 25.4 Å². The molecule has 0 saturated carbocycles. The third-order valence-electron chi connectivity index (χ3n) is 3.02. The van der Waals surface area contributed by atoms with Crippen molar-refractivity contribution in [2.24, 2.45) is 0 Å². The summed E-state index contributed by atoms with van der Waals surface area (Å²) in [4.78, 5) is 4.43. The Morgan fingerprint density at radius 2 is 2.35 bits per heavy atom. The molecule has 1 saturated heterocycles. The highest BCUT2D eigenvalue weighted by atomic mass is 16.5. The van der Waals surface area contributed by atoms with Gasteiger partial charge < -0.3 is 14.6 Å². The minimum absolute atomic E-state index is 0.266. The maximum atomic E-state index is 5.27. The Bertz CT molecular complexity index is 319. The lowest BCUT2D eigenvalue weighted by molar-refractivity contribution is 0.144. The molecule has 0 radical (unpaired) electrons. The third kappa shape index (κ3) is 3.78. The molecule has 2 rings (SSSR count). The molecule has 17 heavy (non-hydrogen) atoms. The molecule has 1 aliphatic heterocycles. The van der Waals surface area contributed by atoms with Crippen LogP contribution in [0.3, 0.4) is 0 Å². The molecule has 2 heterocycles. The van der Waals surface area contributed by atoms with Crippen molar-refractivity contribution in [2.45, 2.75) is 45.1 Å². The van der Waals surface area contributed by atoms with Crippen LogP contribution in [0.2, 0.25) is 0 Å². The van der Waals surface area contributed by atoms with E-state index in [1.807, 2.05) is 6.92 Å². The second-order valence-corrected chi connectivity index (χ2v) is 4.35. The Labute approximate surface area is 102 Å². The number of hydrogen-bond donors (Lipinski definition) is 1. The van der Waals surface area contributed by atoms with Crippen molar-refractivity contribution in [3.05, 3.63) is 11.7 Å². The molecule has 0 amide bonds. The van der Waals surface area contributed by atoms with Gasteiger partial charge in [-0.3, -0.25) is 0 Å². The number of nitrogens with one attached hydrogen (secondary N) is 1. The van der Waals surface area contributed by atoms with Crippen molar-refractivity contribution < 1.29 is 9.26 Å². The van der Waals surface area contributed by atoms with Crippen molar-refractivity contribution in [1.29, 1.82) is 0 Å². The van der Waals surface area contributed by atoms with Crippen molar-refractivity contribution in [3.8, 4) is 0 Å². The molecule has 1 aliphatic rings. The molecule has 1 aromatic heterocycles. The molecule has 0 spiro atoms. The Morgan fingerprint density at radius 3 is 3.24 bits per heavy atom. The van der Waals surface area contributed by atoms with E-state index in [1.165, 1.54) is 19.3 Å². The third-order valence-corrected chi connectivity index (χ3v) is 3.02. The van der Waals surface area contributed by atoms with Gasteiger partial charge in [-0.05, 0) is 26.3 Å². The van der Waals surface area contributed by atoms with E-state index in [1.54, 1.807) is 0 Å². The van der Waals surface area contributed by atoms with E-state index in [9.17, 15) is 0 Å². The molecule has 96 valence electrons. The fraction of sp³-hybridized carbons (Fsp3) is 0.833. The topological polar surface area (TPSA) is 60.2 Å². The second kappa shape index (κ2) is 6.71. The van der Waals surface area contributed by atoms with Crippen LogP contribution in [0.5, 0.6) is 0 Å². The number of hydrogen-bond acceptors (Lipinski definition) is 5. The van der Waals surface area contributed by atoms with Crippen molar-refractivity contribution in [1.82, 2.24) is 15.5 Å². The average molecular weight is 239 g/mol. The van der Waals surface area contributed by atoms with Crippen LogP contribution in [0.25, 0.3) is 0 Å². The van der Waals surface area contributed by atoms with E-state index in [0.29, 0.717) is 18.9 Å². The lowest BCUT2D eigenvalue weighted by Gasteiger charge is -2.09. The standard InChI is InChI=1S/C12H21N3O2/c1-2-16-9-7-11-14-12(15-17-11)10-6-4-3-5-8-13-10/h10,13H,2-9H2,1H3. The highest BCUT2D eigenvalue weighted by Crippen LogP contribution is 2.20. The normalized spacial score (nSPS) is 21.4. The van der Waals surface area contributed by atoms with E-state index >= 15 is 0 Å². The molecule has 0 aliphatic carbocycles. The molecule has 0 bridgehead atoms. The van der Waals surface area contributed by atoms with Crippen LogP contribution in [-0.4, -0.2) is 29.9 Å². The maximum absolute atomic E-state index is 5.27. The summed E-state index contributed by atoms with van der Waals surface area (Å²) in [6, 6.07) is 0.266. The lowest BCUT2D eigenvalue weighted by atomic mass is 10.1. The number of rotatable bonds is 5. The molecule has 1 atom stereocenters. The first-order valence-electron chi connectivity index (χ1n) is 6.53. The first kappa shape index (κ1) is 12.5. The van der Waals surface area contributed by atoms with E-state index in [4.69, 9.17) is 9.26 Å². The highest BCUT2D eigenvalue weighted by Gasteiger charge is 2.19. The van der Waals surface area contributed by atoms with Crippen LogP contribution in [0, 0.1) is 0 Å². The van der Waals surface area contributed by atoms with E-state index in [2.05, 4.69) is 15.5 Å². The molecule has 1 fully saturated rings. The number of aromatic nitrogens is 2. The van der Waals surface area contributed by atoms with Gasteiger partial charge in [-0.1, -0.05) is 18.0 Å². The van der Waals surface area contributed by atoms with Gasteiger partial charge in [0, 0.05) is 6.61 Å². The lowest BCUT2D eigenvalue weighted by Crippen LogP contribution is -2.21. The van der Waals surface area contributed by atoms with Crippen LogP contribution in [0.15, 0.2) is 4.52 Å². The quantitative estimate of drug-likeness (QED) is 0.795. The first-order chi connectivity index (χ1) is 8.40. The number of nitrogens with zero attached hydrogens (tertiary/aromatic N) is 2. The Kier molecular flexibility index (Phi) is 4.94. The first-order valence-corrected chi connectivity index (χ1v) is 6.53. The largest absolute Gasteiger partial charge is 0.381 e. The average Bonchev–Trinajstić information content (AvgIpc) is 2.64. The molecular formula is C12H21N3O2. The molecular weight excluding hydrogens is 218 g/mol. The summed E-state index contributed by atoms with van der Waals surface area (Å²) in [5.41, 5.74) is 0. The Morgan fingerprint density at radius 1 is 1.41 bits per heavy atom. The predicted molar refractivity (Wildman–Crippen MR) is 63.7 cm³/mol. The monoisotopic (exact) mass is 239 g/mol. The summed E-state index contributed by atoms with van der Waals surface area (Å²) >= 11 is 0. The van der Waals surface area contributed by atoms with Gasteiger partial charge in [0.05, 0.1) is 19.1 Å². The second-order valence-electron chi connectivity index (χ2n) is 4.35. The Balaban J connectivity index is 1.87. The van der Waals surface area contributed by atoms with Gasteiger partial charge in [0.25, 0.3) is 0 Å². The van der Waals surface area contributed by atoms with Crippen molar-refractivity contribution >= 4 is 0 Å². The zero-order chi connectivity index (χ0) is 11.9. The number of ether oxygens (including phenoxy) is 1. The fourth-order valence-electron chi connectivity index (χ4n) is 2.06. The minimum Gasteiger partial charge on any atom is -0.381 e. The van der Waals surface area contributed by atoms with Crippen LogP contribution in [-0.2, 0) is 11.2 Å². The van der Waals surface area contributed by atoms with Crippen LogP contribution in [0.1, 0.15) is 50.4 Å². The van der Waals surface area contributed by atoms with Crippen molar-refractivity contribution in [2.75, 3.05) is 19.8 Å². The maximum Gasteiger partial charge on any atom is 0.229 e. The minimum atomic E-state index is 0.266.